The third-order valence-corrected chi connectivity index (χ3v) is 7.05. The van der Waals surface area contributed by atoms with Crippen molar-refractivity contribution in [1.82, 2.24) is 10.6 Å². The molecule has 3 N–H and O–H groups in total. The van der Waals surface area contributed by atoms with Gasteiger partial charge in [0.15, 0.2) is 0 Å². The molecule has 7 heteroatoms. The number of carbonyl (C=O) groups excluding carboxylic acids is 2. The van der Waals surface area contributed by atoms with E-state index in [9.17, 15) is 19.5 Å². The van der Waals surface area contributed by atoms with Crippen molar-refractivity contribution < 1.29 is 24.2 Å². The summed E-state index contributed by atoms with van der Waals surface area (Å²) in [4.78, 5) is 36.5. The standard InChI is InChI=1S/C27H32N2O5/c1-2-18(15-24(30)29-27(16-25(31)32)13-7-8-14-27)28-26(33)34-17-23-21-11-5-3-9-19(21)20-10-4-6-12-22(20)23/h3-6,9-12,18,23H,2,7-8,13-17H2,1H3,(H,28,33)(H,29,30)(H,31,32)/t18-/m1/s1. The van der Waals surface area contributed by atoms with E-state index >= 15 is 0 Å². The first-order chi connectivity index (χ1) is 16.4. The summed E-state index contributed by atoms with van der Waals surface area (Å²) in [6, 6.07) is 15.9. The normalized spacial score (nSPS) is 16.9. The molecule has 0 aromatic heterocycles. The van der Waals surface area contributed by atoms with Crippen molar-refractivity contribution in [1.29, 1.82) is 0 Å². The number of amides is 2. The quantitative estimate of drug-likeness (QED) is 0.503. The average Bonchev–Trinajstić information content (AvgIpc) is 3.39. The van der Waals surface area contributed by atoms with E-state index in [1.54, 1.807) is 0 Å². The van der Waals surface area contributed by atoms with Gasteiger partial charge in [-0.1, -0.05) is 68.3 Å². The lowest BCUT2D eigenvalue weighted by Crippen LogP contribution is -2.49. The molecule has 2 amide bonds. The van der Waals surface area contributed by atoms with Crippen molar-refractivity contribution in [2.45, 2.75) is 69.4 Å². The highest BCUT2D eigenvalue weighted by Crippen LogP contribution is 2.44. The van der Waals surface area contributed by atoms with Crippen LogP contribution in [0, 0.1) is 0 Å². The molecular weight excluding hydrogens is 432 g/mol. The summed E-state index contributed by atoms with van der Waals surface area (Å²) in [5.74, 6) is -1.18. The number of hydrogen-bond acceptors (Lipinski definition) is 4. The number of nitrogens with one attached hydrogen (secondary N) is 2. The Balaban J connectivity index is 1.33. The first-order valence-electron chi connectivity index (χ1n) is 12.0. The van der Waals surface area contributed by atoms with Crippen LogP contribution in [0.2, 0.25) is 0 Å². The zero-order valence-electron chi connectivity index (χ0n) is 19.5. The fraction of sp³-hybridized carbons (Fsp3) is 0.444. The largest absolute Gasteiger partial charge is 0.481 e. The van der Waals surface area contributed by atoms with E-state index in [1.165, 1.54) is 0 Å². The van der Waals surface area contributed by atoms with Gasteiger partial charge in [-0.3, -0.25) is 9.59 Å². The van der Waals surface area contributed by atoms with Crippen LogP contribution in [0.4, 0.5) is 4.79 Å². The van der Waals surface area contributed by atoms with Crippen LogP contribution in [-0.4, -0.2) is 41.3 Å². The molecule has 1 saturated carbocycles. The Morgan fingerprint density at radius 2 is 1.62 bits per heavy atom. The van der Waals surface area contributed by atoms with Gasteiger partial charge in [-0.25, -0.2) is 4.79 Å². The molecule has 7 nitrogen and oxygen atoms in total. The Labute approximate surface area is 199 Å². The van der Waals surface area contributed by atoms with Crippen LogP contribution in [0.3, 0.4) is 0 Å². The Hall–Kier alpha value is -3.35. The first-order valence-corrected chi connectivity index (χ1v) is 12.0. The number of aliphatic carboxylic acids is 1. The molecule has 2 aliphatic rings. The molecule has 180 valence electrons. The van der Waals surface area contributed by atoms with E-state index < -0.39 is 17.6 Å². The molecule has 0 unspecified atom stereocenters. The second-order valence-corrected chi connectivity index (χ2v) is 9.39. The monoisotopic (exact) mass is 464 g/mol. The molecule has 0 bridgehead atoms. The number of hydrogen-bond donors (Lipinski definition) is 3. The number of carboxylic acids is 1. The van der Waals surface area contributed by atoms with Gasteiger partial charge in [-0.05, 0) is 41.5 Å². The molecule has 2 aliphatic carbocycles. The highest BCUT2D eigenvalue weighted by molar-refractivity contribution is 5.80. The van der Waals surface area contributed by atoms with E-state index in [1.807, 2.05) is 31.2 Å². The van der Waals surface area contributed by atoms with E-state index in [0.29, 0.717) is 19.3 Å². The van der Waals surface area contributed by atoms with E-state index in [2.05, 4.69) is 34.9 Å². The van der Waals surface area contributed by atoms with Crippen LogP contribution >= 0.6 is 0 Å². The second kappa shape index (κ2) is 10.3. The fourth-order valence-electron chi connectivity index (χ4n) is 5.36. The summed E-state index contributed by atoms with van der Waals surface area (Å²) in [6.45, 7) is 2.11. The zero-order valence-corrected chi connectivity index (χ0v) is 19.5. The molecule has 1 atom stereocenters. The number of carbonyl (C=O) groups is 3. The highest BCUT2D eigenvalue weighted by Gasteiger charge is 2.37. The average molecular weight is 465 g/mol. The molecule has 34 heavy (non-hydrogen) atoms. The molecule has 2 aromatic carbocycles. The molecule has 1 fully saturated rings. The van der Waals surface area contributed by atoms with Gasteiger partial charge >= 0.3 is 12.1 Å². The number of carboxylic acid groups (broad SMARTS) is 1. The van der Waals surface area contributed by atoms with Gasteiger partial charge in [-0.2, -0.15) is 0 Å². The Morgan fingerprint density at radius 1 is 1.03 bits per heavy atom. The molecule has 0 heterocycles. The lowest BCUT2D eigenvalue weighted by molar-refractivity contribution is -0.139. The summed E-state index contributed by atoms with van der Waals surface area (Å²) >= 11 is 0. The Kier molecular flexibility index (Phi) is 7.20. The maximum Gasteiger partial charge on any atom is 0.407 e. The smallest absolute Gasteiger partial charge is 0.407 e. The van der Waals surface area contributed by atoms with Crippen molar-refractivity contribution in [2.75, 3.05) is 6.61 Å². The topological polar surface area (TPSA) is 105 Å². The molecular formula is C27H32N2O5. The SMILES string of the molecule is CC[C@H](CC(=O)NC1(CC(=O)O)CCCC1)NC(=O)OCC1c2ccccc2-c2ccccc21. The van der Waals surface area contributed by atoms with E-state index in [0.717, 1.165) is 35.1 Å². The Morgan fingerprint density at radius 3 is 2.18 bits per heavy atom. The van der Waals surface area contributed by atoms with Crippen molar-refractivity contribution in [3.8, 4) is 11.1 Å². The van der Waals surface area contributed by atoms with Crippen molar-refractivity contribution in [3.63, 3.8) is 0 Å². The summed E-state index contributed by atoms with van der Waals surface area (Å²) in [6.07, 6.45) is 3.16. The minimum Gasteiger partial charge on any atom is -0.481 e. The number of fused-ring (bicyclic) bond motifs is 3. The highest BCUT2D eigenvalue weighted by atomic mass is 16.5. The summed E-state index contributed by atoms with van der Waals surface area (Å²) in [5, 5.41) is 15.0. The van der Waals surface area contributed by atoms with Crippen LogP contribution < -0.4 is 10.6 Å². The van der Waals surface area contributed by atoms with Crippen LogP contribution in [-0.2, 0) is 14.3 Å². The van der Waals surface area contributed by atoms with Gasteiger partial charge in [0.05, 0.1) is 12.0 Å². The molecule has 4 rings (SSSR count). The number of alkyl carbamates (subject to hydrolysis) is 1. The van der Waals surface area contributed by atoms with Crippen LogP contribution in [0.5, 0.6) is 0 Å². The number of benzene rings is 2. The maximum atomic E-state index is 12.7. The Bertz CT molecular complexity index is 1010. The zero-order chi connectivity index (χ0) is 24.1. The van der Waals surface area contributed by atoms with E-state index in [-0.39, 0.29) is 37.3 Å². The fourth-order valence-corrected chi connectivity index (χ4v) is 5.36. The third-order valence-electron chi connectivity index (χ3n) is 7.05. The molecule has 2 aromatic rings. The van der Waals surface area contributed by atoms with Gasteiger partial charge in [0.25, 0.3) is 0 Å². The van der Waals surface area contributed by atoms with Gasteiger partial charge < -0.3 is 20.5 Å². The minimum atomic E-state index is -0.911. The van der Waals surface area contributed by atoms with E-state index in [4.69, 9.17) is 4.74 Å². The second-order valence-electron chi connectivity index (χ2n) is 9.39. The minimum absolute atomic E-state index is 0.0280. The maximum absolute atomic E-state index is 12.7. The predicted octanol–water partition coefficient (Wildman–Crippen LogP) is 4.60. The lowest BCUT2D eigenvalue weighted by atomic mass is 9.92. The third kappa shape index (κ3) is 5.24. The van der Waals surface area contributed by atoms with Gasteiger partial charge in [-0.15, -0.1) is 0 Å². The van der Waals surface area contributed by atoms with Crippen molar-refractivity contribution in [2.24, 2.45) is 0 Å². The summed E-state index contributed by atoms with van der Waals surface area (Å²) < 4.78 is 5.60. The number of rotatable bonds is 9. The van der Waals surface area contributed by atoms with Crippen LogP contribution in [0.15, 0.2) is 48.5 Å². The lowest BCUT2D eigenvalue weighted by Gasteiger charge is -2.29. The number of ether oxygens (including phenoxy) is 1. The molecule has 0 radical (unpaired) electrons. The van der Waals surface area contributed by atoms with Crippen LogP contribution in [0.1, 0.15) is 68.9 Å². The van der Waals surface area contributed by atoms with Crippen molar-refractivity contribution >= 4 is 18.0 Å². The summed E-state index contributed by atoms with van der Waals surface area (Å²) in [7, 11) is 0. The molecule has 0 spiro atoms. The molecule has 0 saturated heterocycles. The first kappa shape index (κ1) is 23.8. The van der Waals surface area contributed by atoms with Gasteiger partial charge in [0.2, 0.25) is 5.91 Å². The van der Waals surface area contributed by atoms with Crippen LogP contribution in [0.25, 0.3) is 11.1 Å². The molecule has 0 aliphatic heterocycles. The predicted molar refractivity (Wildman–Crippen MR) is 128 cm³/mol. The summed E-state index contributed by atoms with van der Waals surface area (Å²) in [5.41, 5.74) is 3.94. The van der Waals surface area contributed by atoms with Gasteiger partial charge in [0.1, 0.15) is 6.61 Å². The van der Waals surface area contributed by atoms with Gasteiger partial charge in [0, 0.05) is 18.4 Å². The van der Waals surface area contributed by atoms with Crippen molar-refractivity contribution in [3.05, 3.63) is 59.7 Å².